The summed E-state index contributed by atoms with van der Waals surface area (Å²) in [6.45, 7) is -0.158. The van der Waals surface area contributed by atoms with Gasteiger partial charge in [0.1, 0.15) is 6.61 Å². The van der Waals surface area contributed by atoms with Gasteiger partial charge in [0, 0.05) is 18.4 Å². The molecule has 0 bridgehead atoms. The molecule has 2 fully saturated rings. The van der Waals surface area contributed by atoms with E-state index >= 15 is 0 Å². The molecule has 5 rings (SSSR count). The fraction of sp³-hybridized carbons (Fsp3) is 0.423. The monoisotopic (exact) mass is 464 g/mol. The highest BCUT2D eigenvalue weighted by atomic mass is 16.5. The minimum Gasteiger partial charge on any atom is -0.479 e. The molecule has 2 amide bonds. The van der Waals surface area contributed by atoms with Crippen molar-refractivity contribution >= 4 is 18.0 Å². The summed E-state index contributed by atoms with van der Waals surface area (Å²) < 4.78 is 5.64. The van der Waals surface area contributed by atoms with E-state index in [0.29, 0.717) is 0 Å². The second kappa shape index (κ2) is 8.76. The van der Waals surface area contributed by atoms with Gasteiger partial charge in [-0.15, -0.1) is 0 Å². The number of alkyl carbamates (subject to hydrolysis) is 1. The lowest BCUT2D eigenvalue weighted by Gasteiger charge is -2.43. The number of aliphatic hydroxyl groups is 1. The normalized spacial score (nSPS) is 22.4. The average molecular weight is 465 g/mol. The number of benzene rings is 2. The number of rotatable bonds is 6. The van der Waals surface area contributed by atoms with Crippen LogP contribution in [0.25, 0.3) is 11.1 Å². The number of hydrogen-bond acceptors (Lipinski definition) is 5. The van der Waals surface area contributed by atoms with Crippen molar-refractivity contribution in [2.45, 2.75) is 43.2 Å². The van der Waals surface area contributed by atoms with Gasteiger partial charge < -0.3 is 25.2 Å². The molecule has 1 heterocycles. The average Bonchev–Trinajstić information content (AvgIpc) is 3.37. The fourth-order valence-corrected chi connectivity index (χ4v) is 5.51. The molecular formula is C26H28N2O6. The maximum Gasteiger partial charge on any atom is 0.407 e. The summed E-state index contributed by atoms with van der Waals surface area (Å²) in [7, 11) is 0. The highest BCUT2D eigenvalue weighted by molar-refractivity contribution is 5.85. The van der Waals surface area contributed by atoms with Crippen LogP contribution in [0.1, 0.15) is 42.7 Å². The number of amides is 2. The number of carboxylic acids is 1. The molecule has 0 aromatic heterocycles. The maximum atomic E-state index is 12.6. The quantitative estimate of drug-likeness (QED) is 0.605. The van der Waals surface area contributed by atoms with Gasteiger partial charge in [0.25, 0.3) is 0 Å². The minimum atomic E-state index is -1.84. The number of fused-ring (bicyclic) bond motifs is 3. The number of nitrogens with zero attached hydrogens (tertiary/aromatic N) is 1. The molecule has 0 radical (unpaired) electrons. The number of ether oxygens (including phenoxy) is 1. The first-order chi connectivity index (χ1) is 16.4. The summed E-state index contributed by atoms with van der Waals surface area (Å²) in [5, 5.41) is 21.8. The Hall–Kier alpha value is -3.39. The minimum absolute atomic E-state index is 0.0153. The van der Waals surface area contributed by atoms with Gasteiger partial charge in [-0.25, -0.2) is 9.59 Å². The second-order valence-corrected chi connectivity index (χ2v) is 9.56. The van der Waals surface area contributed by atoms with Crippen molar-refractivity contribution in [3.8, 4) is 11.1 Å². The van der Waals surface area contributed by atoms with Crippen LogP contribution in [0.15, 0.2) is 48.5 Å². The van der Waals surface area contributed by atoms with Crippen molar-refractivity contribution in [1.29, 1.82) is 0 Å². The Morgan fingerprint density at radius 3 is 2.24 bits per heavy atom. The molecule has 0 unspecified atom stereocenters. The van der Waals surface area contributed by atoms with Crippen LogP contribution in [-0.2, 0) is 14.3 Å². The summed E-state index contributed by atoms with van der Waals surface area (Å²) in [5.41, 5.74) is 2.79. The lowest BCUT2D eigenvalue weighted by molar-refractivity contribution is -0.182. The first-order valence-electron chi connectivity index (χ1n) is 11.7. The topological polar surface area (TPSA) is 116 Å². The number of hydrogen-bond donors (Lipinski definition) is 3. The van der Waals surface area contributed by atoms with Gasteiger partial charge in [0.2, 0.25) is 5.91 Å². The molecule has 3 aliphatic rings. The van der Waals surface area contributed by atoms with Crippen molar-refractivity contribution in [2.24, 2.45) is 5.92 Å². The van der Waals surface area contributed by atoms with Crippen LogP contribution in [0, 0.1) is 5.92 Å². The summed E-state index contributed by atoms with van der Waals surface area (Å²) in [5.74, 6) is -1.56. The Morgan fingerprint density at radius 1 is 1.00 bits per heavy atom. The molecule has 2 aromatic rings. The maximum absolute atomic E-state index is 12.6. The summed E-state index contributed by atoms with van der Waals surface area (Å²) >= 11 is 0. The fourth-order valence-electron chi connectivity index (χ4n) is 5.51. The standard InChI is InChI=1S/C26H28N2O6/c29-23(28-14-26(33,15-28)24(30)31)12-16-6-5-11-22(16)27-25(32)34-13-21-19-9-3-1-7-17(19)18-8-2-4-10-20(18)21/h1-4,7-10,16,21-22,33H,5-6,11-15H2,(H,27,32)(H,30,31)/t16-,22+/m0/s1. The first-order valence-corrected chi connectivity index (χ1v) is 11.7. The van der Waals surface area contributed by atoms with Crippen LogP contribution in [0.3, 0.4) is 0 Å². The molecule has 3 N–H and O–H groups in total. The van der Waals surface area contributed by atoms with Crippen LogP contribution in [-0.4, -0.2) is 64.4 Å². The highest BCUT2D eigenvalue weighted by Gasteiger charge is 2.50. The van der Waals surface area contributed by atoms with Crippen LogP contribution >= 0.6 is 0 Å². The Morgan fingerprint density at radius 2 is 1.62 bits per heavy atom. The first kappa shape index (κ1) is 22.4. The van der Waals surface area contributed by atoms with Gasteiger partial charge >= 0.3 is 12.1 Å². The highest BCUT2D eigenvalue weighted by Crippen LogP contribution is 2.44. The van der Waals surface area contributed by atoms with Gasteiger partial charge in [-0.05, 0) is 41.0 Å². The lowest BCUT2D eigenvalue weighted by atomic mass is 9.92. The third-order valence-electron chi connectivity index (χ3n) is 7.40. The molecule has 8 nitrogen and oxygen atoms in total. The van der Waals surface area contributed by atoms with Gasteiger partial charge in [-0.3, -0.25) is 4.79 Å². The zero-order chi connectivity index (χ0) is 23.9. The van der Waals surface area contributed by atoms with Gasteiger partial charge in [0.15, 0.2) is 5.60 Å². The van der Waals surface area contributed by atoms with Crippen molar-refractivity contribution < 1.29 is 29.3 Å². The molecule has 34 heavy (non-hydrogen) atoms. The van der Waals surface area contributed by atoms with E-state index in [2.05, 4.69) is 29.6 Å². The Bertz CT molecular complexity index is 1080. The number of carboxylic acid groups (broad SMARTS) is 1. The van der Waals surface area contributed by atoms with Crippen molar-refractivity contribution in [2.75, 3.05) is 19.7 Å². The van der Waals surface area contributed by atoms with Gasteiger partial charge in [-0.1, -0.05) is 55.0 Å². The van der Waals surface area contributed by atoms with Crippen molar-refractivity contribution in [3.05, 3.63) is 59.7 Å². The van der Waals surface area contributed by atoms with Crippen molar-refractivity contribution in [3.63, 3.8) is 0 Å². The second-order valence-electron chi connectivity index (χ2n) is 9.56. The lowest BCUT2D eigenvalue weighted by Crippen LogP contribution is -2.67. The zero-order valence-corrected chi connectivity index (χ0v) is 18.8. The molecule has 1 saturated carbocycles. The van der Waals surface area contributed by atoms with E-state index in [-0.39, 0.29) is 49.9 Å². The third kappa shape index (κ3) is 4.03. The molecular weight excluding hydrogens is 436 g/mol. The van der Waals surface area contributed by atoms with E-state index in [0.717, 1.165) is 30.4 Å². The SMILES string of the molecule is O=C(N[C@@H]1CCC[C@H]1CC(=O)N1CC(O)(C(=O)O)C1)OCC1c2ccccc2-c2ccccc21. The molecule has 2 aromatic carbocycles. The number of carbonyl (C=O) groups excluding carboxylic acids is 2. The van der Waals surface area contributed by atoms with Crippen LogP contribution < -0.4 is 5.32 Å². The predicted octanol–water partition coefficient (Wildman–Crippen LogP) is 2.74. The number of β-amino-alcohol motifs (C(OH)–C–C–N with tert-alkyl or cyclic N) is 1. The molecule has 1 saturated heterocycles. The smallest absolute Gasteiger partial charge is 0.407 e. The van der Waals surface area contributed by atoms with Crippen LogP contribution in [0.2, 0.25) is 0 Å². The molecule has 1 aliphatic heterocycles. The summed E-state index contributed by atoms with van der Waals surface area (Å²) in [6, 6.07) is 16.2. The Labute approximate surface area is 197 Å². The number of aliphatic carboxylic acids is 1. The van der Waals surface area contributed by atoms with E-state index in [9.17, 15) is 19.5 Å². The molecule has 178 valence electrons. The predicted molar refractivity (Wildman–Crippen MR) is 123 cm³/mol. The summed E-state index contributed by atoms with van der Waals surface area (Å²) in [6.07, 6.45) is 2.18. The van der Waals surface area contributed by atoms with Crippen LogP contribution in [0.4, 0.5) is 4.79 Å². The Balaban J connectivity index is 1.15. The Kier molecular flexibility index (Phi) is 5.77. The number of likely N-dealkylation sites (tertiary alicyclic amines) is 1. The summed E-state index contributed by atoms with van der Waals surface area (Å²) in [4.78, 5) is 37.6. The van der Waals surface area contributed by atoms with E-state index in [1.807, 2.05) is 24.3 Å². The van der Waals surface area contributed by atoms with Gasteiger partial charge in [-0.2, -0.15) is 0 Å². The molecule has 2 atom stereocenters. The van der Waals surface area contributed by atoms with Crippen molar-refractivity contribution in [1.82, 2.24) is 10.2 Å². The van der Waals surface area contributed by atoms with E-state index in [1.54, 1.807) is 0 Å². The van der Waals surface area contributed by atoms with Crippen LogP contribution in [0.5, 0.6) is 0 Å². The van der Waals surface area contributed by atoms with E-state index < -0.39 is 17.7 Å². The van der Waals surface area contributed by atoms with E-state index in [4.69, 9.17) is 9.84 Å². The number of carbonyl (C=O) groups is 3. The zero-order valence-electron chi connectivity index (χ0n) is 18.8. The van der Waals surface area contributed by atoms with E-state index in [1.165, 1.54) is 16.0 Å². The number of nitrogens with one attached hydrogen (secondary N) is 1. The third-order valence-corrected chi connectivity index (χ3v) is 7.40. The largest absolute Gasteiger partial charge is 0.479 e. The molecule has 8 heteroatoms. The molecule has 2 aliphatic carbocycles. The molecule has 0 spiro atoms. The van der Waals surface area contributed by atoms with Gasteiger partial charge in [0.05, 0.1) is 13.1 Å².